The Kier molecular flexibility index (Phi) is 4.14. The summed E-state index contributed by atoms with van der Waals surface area (Å²) in [6.07, 6.45) is 0. The van der Waals surface area contributed by atoms with E-state index in [1.807, 2.05) is 6.07 Å². The van der Waals surface area contributed by atoms with Gasteiger partial charge in [0.2, 0.25) is 0 Å². The first-order chi connectivity index (χ1) is 9.56. The number of benzene rings is 2. The quantitative estimate of drug-likeness (QED) is 0.920. The summed E-state index contributed by atoms with van der Waals surface area (Å²) in [4.78, 5) is 0.0599. The van der Waals surface area contributed by atoms with Gasteiger partial charge < -0.3 is 9.47 Å². The first-order valence-electron chi connectivity index (χ1n) is 5.87. The molecule has 2 rings (SSSR count). The summed E-state index contributed by atoms with van der Waals surface area (Å²) in [6, 6.07) is 13.2. The van der Waals surface area contributed by atoms with Crippen LogP contribution in [0.25, 0.3) is 0 Å². The van der Waals surface area contributed by atoms with Crippen molar-refractivity contribution in [3.05, 3.63) is 48.5 Å². The van der Waals surface area contributed by atoms with Gasteiger partial charge in [0, 0.05) is 11.8 Å². The van der Waals surface area contributed by atoms with E-state index in [9.17, 15) is 8.42 Å². The van der Waals surface area contributed by atoms with Crippen LogP contribution in [-0.2, 0) is 10.0 Å². The number of methoxy groups -OCH3 is 2. The van der Waals surface area contributed by atoms with Crippen molar-refractivity contribution < 1.29 is 17.9 Å². The highest BCUT2D eigenvalue weighted by molar-refractivity contribution is 7.92. The molecule has 5 nitrogen and oxygen atoms in total. The fourth-order valence-corrected chi connectivity index (χ4v) is 2.92. The van der Waals surface area contributed by atoms with E-state index in [-0.39, 0.29) is 10.6 Å². The fourth-order valence-electron chi connectivity index (χ4n) is 1.71. The van der Waals surface area contributed by atoms with Gasteiger partial charge in [0.05, 0.1) is 14.2 Å². The number of anilines is 1. The summed E-state index contributed by atoms with van der Waals surface area (Å²) in [7, 11) is -0.793. The van der Waals surface area contributed by atoms with Gasteiger partial charge >= 0.3 is 0 Å². The average molecular weight is 293 g/mol. The Morgan fingerprint density at radius 1 is 0.950 bits per heavy atom. The maximum atomic E-state index is 12.3. The molecule has 0 aliphatic rings. The Balaban J connectivity index is 2.39. The molecule has 1 N–H and O–H groups in total. The van der Waals surface area contributed by atoms with Crippen LogP contribution in [0.1, 0.15) is 0 Å². The van der Waals surface area contributed by atoms with Gasteiger partial charge in [0.25, 0.3) is 10.0 Å². The Bertz CT molecular complexity index is 684. The van der Waals surface area contributed by atoms with Crippen molar-refractivity contribution in [2.24, 2.45) is 0 Å². The van der Waals surface area contributed by atoms with Crippen molar-refractivity contribution in [3.63, 3.8) is 0 Å². The second kappa shape index (κ2) is 5.83. The predicted molar refractivity (Wildman–Crippen MR) is 76.8 cm³/mol. The van der Waals surface area contributed by atoms with Gasteiger partial charge in [-0.2, -0.15) is 0 Å². The minimum Gasteiger partial charge on any atom is -0.497 e. The lowest BCUT2D eigenvalue weighted by molar-refractivity contribution is 0.386. The lowest BCUT2D eigenvalue weighted by atomic mass is 10.3. The molecule has 0 aromatic heterocycles. The van der Waals surface area contributed by atoms with Crippen molar-refractivity contribution in [3.8, 4) is 11.5 Å². The zero-order valence-electron chi connectivity index (χ0n) is 11.2. The molecule has 0 amide bonds. The van der Waals surface area contributed by atoms with E-state index < -0.39 is 10.0 Å². The Hall–Kier alpha value is -2.21. The molecular weight excluding hydrogens is 278 g/mol. The van der Waals surface area contributed by atoms with Crippen molar-refractivity contribution in [1.82, 2.24) is 0 Å². The van der Waals surface area contributed by atoms with Crippen molar-refractivity contribution >= 4 is 15.7 Å². The van der Waals surface area contributed by atoms with Crippen molar-refractivity contribution in [2.75, 3.05) is 18.9 Å². The molecule has 0 fully saturated rings. The summed E-state index contributed by atoms with van der Waals surface area (Å²) in [5.74, 6) is 0.758. The largest absolute Gasteiger partial charge is 0.497 e. The topological polar surface area (TPSA) is 64.6 Å². The predicted octanol–water partition coefficient (Wildman–Crippen LogP) is 2.50. The molecule has 0 spiro atoms. The molecular formula is C14H15NO4S. The second-order valence-electron chi connectivity index (χ2n) is 3.99. The zero-order chi connectivity index (χ0) is 14.6. The number of hydrogen-bond acceptors (Lipinski definition) is 4. The van der Waals surface area contributed by atoms with Crippen LogP contribution in [-0.4, -0.2) is 22.6 Å². The van der Waals surface area contributed by atoms with Crippen LogP contribution < -0.4 is 14.2 Å². The molecule has 0 unspecified atom stereocenters. The standard InChI is InChI=1S/C14H15NO4S/c1-18-12-8-9-14(13(10-12)19-2)20(16,17)15-11-6-4-3-5-7-11/h3-10,15H,1-2H3. The first kappa shape index (κ1) is 14.2. The van der Waals surface area contributed by atoms with Gasteiger partial charge in [0.15, 0.2) is 0 Å². The summed E-state index contributed by atoms with van der Waals surface area (Å²) < 4.78 is 37.4. The highest BCUT2D eigenvalue weighted by Gasteiger charge is 2.20. The van der Waals surface area contributed by atoms with Gasteiger partial charge in [-0.05, 0) is 24.3 Å². The van der Waals surface area contributed by atoms with Crippen LogP contribution in [0.3, 0.4) is 0 Å². The number of ether oxygens (including phenoxy) is 2. The SMILES string of the molecule is COc1ccc(S(=O)(=O)Nc2ccccc2)c(OC)c1. The Labute approximate surface area is 118 Å². The molecule has 0 aliphatic carbocycles. The van der Waals surface area contributed by atoms with Crippen LogP contribution in [0, 0.1) is 0 Å². The molecule has 0 saturated carbocycles. The maximum Gasteiger partial charge on any atom is 0.265 e. The minimum absolute atomic E-state index is 0.0599. The normalized spacial score (nSPS) is 10.9. The second-order valence-corrected chi connectivity index (χ2v) is 5.64. The summed E-state index contributed by atoms with van der Waals surface area (Å²) >= 11 is 0. The van der Waals surface area contributed by atoms with Crippen LogP contribution in [0.5, 0.6) is 11.5 Å². The Morgan fingerprint density at radius 3 is 2.25 bits per heavy atom. The minimum atomic E-state index is -3.71. The highest BCUT2D eigenvalue weighted by Crippen LogP contribution is 2.29. The van der Waals surface area contributed by atoms with Gasteiger partial charge in [-0.15, -0.1) is 0 Å². The number of para-hydroxylation sites is 1. The highest BCUT2D eigenvalue weighted by atomic mass is 32.2. The third-order valence-corrected chi connectivity index (χ3v) is 4.11. The molecule has 0 heterocycles. The average Bonchev–Trinajstić information content (AvgIpc) is 2.47. The van der Waals surface area contributed by atoms with Crippen LogP contribution in [0.2, 0.25) is 0 Å². The van der Waals surface area contributed by atoms with E-state index in [1.165, 1.54) is 26.4 Å². The van der Waals surface area contributed by atoms with Gasteiger partial charge in [0.1, 0.15) is 16.4 Å². The van der Waals surface area contributed by atoms with Crippen LogP contribution >= 0.6 is 0 Å². The third kappa shape index (κ3) is 3.03. The van der Waals surface area contributed by atoms with E-state index >= 15 is 0 Å². The van der Waals surface area contributed by atoms with Crippen LogP contribution in [0.15, 0.2) is 53.4 Å². The molecule has 0 bridgehead atoms. The van der Waals surface area contributed by atoms with Crippen molar-refractivity contribution in [2.45, 2.75) is 4.90 Å². The maximum absolute atomic E-state index is 12.3. The van der Waals surface area contributed by atoms with Gasteiger partial charge in [-0.25, -0.2) is 8.42 Å². The molecule has 0 atom stereocenters. The van der Waals surface area contributed by atoms with Crippen molar-refractivity contribution in [1.29, 1.82) is 0 Å². The lowest BCUT2D eigenvalue weighted by Crippen LogP contribution is -2.14. The fraction of sp³-hybridized carbons (Fsp3) is 0.143. The number of rotatable bonds is 5. The van der Waals surface area contributed by atoms with E-state index in [2.05, 4.69) is 4.72 Å². The van der Waals surface area contributed by atoms with Gasteiger partial charge in [-0.3, -0.25) is 4.72 Å². The van der Waals surface area contributed by atoms with Crippen LogP contribution in [0.4, 0.5) is 5.69 Å². The zero-order valence-corrected chi connectivity index (χ0v) is 12.0. The summed E-state index contributed by atoms with van der Waals surface area (Å²) in [6.45, 7) is 0. The summed E-state index contributed by atoms with van der Waals surface area (Å²) in [5, 5.41) is 0. The molecule has 20 heavy (non-hydrogen) atoms. The number of nitrogens with one attached hydrogen (secondary N) is 1. The summed E-state index contributed by atoms with van der Waals surface area (Å²) in [5.41, 5.74) is 0.491. The molecule has 0 saturated heterocycles. The van der Waals surface area contributed by atoms with E-state index in [1.54, 1.807) is 30.3 Å². The van der Waals surface area contributed by atoms with E-state index in [0.29, 0.717) is 11.4 Å². The molecule has 2 aromatic rings. The molecule has 2 aromatic carbocycles. The Morgan fingerprint density at radius 2 is 1.65 bits per heavy atom. The molecule has 6 heteroatoms. The van der Waals surface area contributed by atoms with E-state index in [0.717, 1.165) is 0 Å². The monoisotopic (exact) mass is 293 g/mol. The van der Waals surface area contributed by atoms with E-state index in [4.69, 9.17) is 9.47 Å². The third-order valence-electron chi connectivity index (χ3n) is 2.69. The molecule has 106 valence electrons. The number of hydrogen-bond donors (Lipinski definition) is 1. The molecule has 0 radical (unpaired) electrons. The molecule has 0 aliphatic heterocycles. The smallest absolute Gasteiger partial charge is 0.265 e. The number of sulfonamides is 1. The van der Waals surface area contributed by atoms with Gasteiger partial charge in [-0.1, -0.05) is 18.2 Å². The first-order valence-corrected chi connectivity index (χ1v) is 7.35. The lowest BCUT2D eigenvalue weighted by Gasteiger charge is -2.12.